The minimum Gasteiger partial charge on any atom is -0.507 e. The third-order valence-electron chi connectivity index (χ3n) is 11.9. The lowest BCUT2D eigenvalue weighted by Gasteiger charge is -2.32. The van der Waals surface area contributed by atoms with Crippen LogP contribution in [0.5, 0.6) is 11.5 Å². The molecular formula is C50H53ClN4O8. The molecule has 0 saturated heterocycles. The Balaban J connectivity index is 1.31. The highest BCUT2D eigenvalue weighted by molar-refractivity contribution is 6.41. The lowest BCUT2D eigenvalue weighted by atomic mass is 9.87. The highest BCUT2D eigenvalue weighted by Gasteiger charge is 2.36. The topological polar surface area (TPSA) is 197 Å². The van der Waals surface area contributed by atoms with Crippen LogP contribution in [0.4, 0.5) is 0 Å². The van der Waals surface area contributed by atoms with Gasteiger partial charge in [0.2, 0.25) is 11.8 Å². The maximum absolute atomic E-state index is 14.7. The standard InChI is InChI=1S/C50H53ClN4O8/c1-29(48(61)40-8-6-22-53-40)23-45(59)41-26-31-9-19-42(56)38(25-31)39-27-35(16-20-43(39)57)47(46(60)24-30(2)49(62)54-41)55(3)50(63)36(7-4-5-21-52)28-44(58)34-12-10-32(11-13-34)33-14-17-37(51)18-15-33/h6,9-20,22,25,27,29-30,36,41,47,56-57H,4-5,7-8,21,23-24,26,28,52H2,1-3H3,(H,54,62)/t29-,30-,36-,41+,47+/m1/s1. The number of phenolic OH excluding ortho intramolecular Hbond substituents is 2. The zero-order valence-electron chi connectivity index (χ0n) is 35.7. The molecule has 4 aromatic rings. The number of hydrogen-bond acceptors (Lipinski definition) is 10. The van der Waals surface area contributed by atoms with E-state index in [1.807, 2.05) is 24.3 Å². The maximum Gasteiger partial charge on any atom is 0.226 e. The van der Waals surface area contributed by atoms with E-state index in [0.717, 1.165) is 11.1 Å². The first-order valence-electron chi connectivity index (χ1n) is 21.3. The molecular weight excluding hydrogens is 820 g/mol. The van der Waals surface area contributed by atoms with Gasteiger partial charge in [-0.1, -0.05) is 86.5 Å². The quantitative estimate of drug-likeness (QED) is 0.0682. The Bertz CT molecular complexity index is 2450. The van der Waals surface area contributed by atoms with E-state index in [2.05, 4.69) is 10.3 Å². The van der Waals surface area contributed by atoms with Crippen molar-refractivity contribution in [3.63, 3.8) is 0 Å². The van der Waals surface area contributed by atoms with Crippen molar-refractivity contribution >= 4 is 52.3 Å². The summed E-state index contributed by atoms with van der Waals surface area (Å²) in [6.07, 6.45) is 4.51. The molecule has 0 aromatic heterocycles. The molecule has 0 aliphatic carbocycles. The molecule has 4 bridgehead atoms. The summed E-state index contributed by atoms with van der Waals surface area (Å²) in [4.78, 5) is 89.4. The number of aliphatic imine (C=N–C) groups is 1. The number of likely N-dealkylation sites (N-methyl/N-ethyl adjacent to an activating group) is 1. The van der Waals surface area contributed by atoms with Crippen LogP contribution in [-0.4, -0.2) is 75.4 Å². The summed E-state index contributed by atoms with van der Waals surface area (Å²) in [5, 5.41) is 25.8. The third-order valence-corrected chi connectivity index (χ3v) is 12.1. The molecule has 0 saturated carbocycles. The molecule has 0 radical (unpaired) electrons. The minimum atomic E-state index is -1.27. The molecule has 0 spiro atoms. The van der Waals surface area contributed by atoms with Crippen molar-refractivity contribution < 1.29 is 39.0 Å². The minimum absolute atomic E-state index is 0.000984. The molecule has 2 amide bonds. The number of Topliss-reactive ketones (excluding diaryl/α,β-unsaturated/α-hetero) is 4. The number of carbonyl (C=O) groups is 6. The number of carbonyl (C=O) groups excluding carboxylic acids is 6. The van der Waals surface area contributed by atoms with Gasteiger partial charge in [0.15, 0.2) is 23.1 Å². The summed E-state index contributed by atoms with van der Waals surface area (Å²) in [5.74, 6) is -5.38. The Morgan fingerprint density at radius 3 is 2.17 bits per heavy atom. The van der Waals surface area contributed by atoms with Crippen LogP contribution in [0.15, 0.2) is 102 Å². The summed E-state index contributed by atoms with van der Waals surface area (Å²) in [6.45, 7) is 3.59. The van der Waals surface area contributed by atoms with Crippen LogP contribution in [0.25, 0.3) is 22.3 Å². The van der Waals surface area contributed by atoms with Crippen LogP contribution in [0, 0.1) is 17.8 Å². The van der Waals surface area contributed by atoms with E-state index in [1.165, 1.54) is 36.2 Å². The molecule has 63 heavy (non-hydrogen) atoms. The number of unbranched alkanes of at least 4 members (excludes halogenated alkanes) is 1. The number of fused-ring (bicyclic) bond motifs is 5. The molecule has 5 N–H and O–H groups in total. The van der Waals surface area contributed by atoms with E-state index in [1.54, 1.807) is 62.5 Å². The average Bonchev–Trinajstić information content (AvgIpc) is 3.82. The number of rotatable bonds is 15. The van der Waals surface area contributed by atoms with Gasteiger partial charge in [0.05, 0.1) is 11.8 Å². The van der Waals surface area contributed by atoms with Crippen molar-refractivity contribution in [2.24, 2.45) is 28.5 Å². The van der Waals surface area contributed by atoms with Crippen LogP contribution >= 0.6 is 11.6 Å². The molecule has 4 aromatic carbocycles. The number of hydrogen-bond donors (Lipinski definition) is 4. The first-order chi connectivity index (χ1) is 30.1. The lowest BCUT2D eigenvalue weighted by molar-refractivity contribution is -0.142. The smallest absolute Gasteiger partial charge is 0.226 e. The Hall–Kier alpha value is -6.24. The number of amides is 2. The number of nitrogens with one attached hydrogen (secondary N) is 1. The number of nitrogens with two attached hydrogens (primary N) is 1. The second-order valence-electron chi connectivity index (χ2n) is 16.6. The van der Waals surface area contributed by atoms with Gasteiger partial charge in [-0.3, -0.25) is 33.8 Å². The lowest BCUT2D eigenvalue weighted by Crippen LogP contribution is -2.46. The van der Waals surface area contributed by atoms with Crippen LogP contribution in [0.3, 0.4) is 0 Å². The fourth-order valence-corrected chi connectivity index (χ4v) is 8.36. The van der Waals surface area contributed by atoms with Gasteiger partial charge in [-0.25, -0.2) is 0 Å². The van der Waals surface area contributed by atoms with Crippen molar-refractivity contribution in [3.05, 3.63) is 119 Å². The SMILES string of the molecule is C[C@@H]1CC(=O)[C@@H](N(C)C(=O)[C@H](CCCCN)CC(=O)c2ccc(-c3ccc(Cl)cc3)cc2)c2ccc(O)c(c2)-c2cc(ccc2O)C[C@@H](C(=O)C[C@@H](C)C(=O)C2=NC=CC2)NC1=O. The fraction of sp³-hybridized carbons (Fsp3) is 0.340. The van der Waals surface area contributed by atoms with E-state index in [9.17, 15) is 39.0 Å². The van der Waals surface area contributed by atoms with Crippen molar-refractivity contribution in [3.8, 4) is 33.8 Å². The van der Waals surface area contributed by atoms with Gasteiger partial charge in [-0.05, 0) is 84.5 Å². The summed E-state index contributed by atoms with van der Waals surface area (Å²) in [7, 11) is 1.48. The molecule has 328 valence electrons. The zero-order valence-corrected chi connectivity index (χ0v) is 36.4. The maximum atomic E-state index is 14.7. The Morgan fingerprint density at radius 1 is 0.873 bits per heavy atom. The number of ketones is 4. The molecule has 0 unspecified atom stereocenters. The Morgan fingerprint density at radius 2 is 1.52 bits per heavy atom. The number of halogens is 1. The van der Waals surface area contributed by atoms with Crippen molar-refractivity contribution in [2.75, 3.05) is 13.6 Å². The number of nitrogens with zero attached hydrogens (tertiary/aromatic N) is 2. The molecule has 2 aliphatic rings. The van der Waals surface area contributed by atoms with Gasteiger partial charge in [0.1, 0.15) is 17.5 Å². The van der Waals surface area contributed by atoms with Gasteiger partial charge in [-0.2, -0.15) is 0 Å². The number of phenols is 2. The summed E-state index contributed by atoms with van der Waals surface area (Å²) >= 11 is 6.06. The van der Waals surface area contributed by atoms with E-state index in [0.29, 0.717) is 59.7 Å². The number of aromatic hydroxyl groups is 2. The van der Waals surface area contributed by atoms with Crippen LogP contribution in [0.1, 0.15) is 86.3 Å². The normalized spacial score (nSPS) is 18.4. The molecule has 6 rings (SSSR count). The summed E-state index contributed by atoms with van der Waals surface area (Å²) < 4.78 is 0. The third kappa shape index (κ3) is 11.2. The number of benzene rings is 4. The summed E-state index contributed by atoms with van der Waals surface area (Å²) in [6, 6.07) is 21.1. The van der Waals surface area contributed by atoms with Crippen LogP contribution in [-0.2, 0) is 30.4 Å². The first kappa shape index (κ1) is 46.3. The Labute approximate surface area is 372 Å². The molecule has 13 heteroatoms. The Kier molecular flexibility index (Phi) is 15.2. The van der Waals surface area contributed by atoms with Crippen LogP contribution in [0.2, 0.25) is 5.02 Å². The van der Waals surface area contributed by atoms with E-state index in [4.69, 9.17) is 17.3 Å². The van der Waals surface area contributed by atoms with E-state index in [-0.39, 0.29) is 59.9 Å². The molecule has 5 atom stereocenters. The van der Waals surface area contributed by atoms with E-state index >= 15 is 0 Å². The molecule has 2 aliphatic heterocycles. The first-order valence-corrected chi connectivity index (χ1v) is 21.7. The van der Waals surface area contributed by atoms with Gasteiger partial charge >= 0.3 is 0 Å². The molecule has 2 heterocycles. The second kappa shape index (κ2) is 20.8. The highest BCUT2D eigenvalue weighted by Crippen LogP contribution is 2.40. The van der Waals surface area contributed by atoms with Crippen LogP contribution < -0.4 is 11.1 Å². The molecule has 0 fully saturated rings. The van der Waals surface area contributed by atoms with Gasteiger partial charge in [0.25, 0.3) is 0 Å². The molecule has 12 nitrogen and oxygen atoms in total. The van der Waals surface area contributed by atoms with Gasteiger partial charge in [-0.15, -0.1) is 0 Å². The van der Waals surface area contributed by atoms with Crippen molar-refractivity contribution in [1.82, 2.24) is 10.2 Å². The largest absolute Gasteiger partial charge is 0.507 e. The van der Waals surface area contributed by atoms with Crippen molar-refractivity contribution in [1.29, 1.82) is 0 Å². The number of allylic oxidation sites excluding steroid dienone is 1. The monoisotopic (exact) mass is 872 g/mol. The fourth-order valence-electron chi connectivity index (χ4n) is 8.23. The van der Waals surface area contributed by atoms with Gasteiger partial charge in [0, 0.05) is 78.4 Å². The van der Waals surface area contributed by atoms with Gasteiger partial charge < -0.3 is 26.2 Å². The predicted molar refractivity (Wildman–Crippen MR) is 242 cm³/mol. The van der Waals surface area contributed by atoms with E-state index < -0.39 is 53.2 Å². The second-order valence-corrected chi connectivity index (χ2v) is 17.0. The average molecular weight is 873 g/mol. The predicted octanol–water partition coefficient (Wildman–Crippen LogP) is 7.76. The highest BCUT2D eigenvalue weighted by atomic mass is 35.5. The summed E-state index contributed by atoms with van der Waals surface area (Å²) in [5.41, 5.74) is 9.63. The van der Waals surface area contributed by atoms with Crippen molar-refractivity contribution in [2.45, 2.75) is 77.3 Å². The zero-order chi connectivity index (χ0) is 45.4.